The Balaban J connectivity index is 0.00000243. The van der Waals surface area contributed by atoms with Gasteiger partial charge in [0, 0.05) is 36.9 Å². The number of aryl methyl sites for hydroxylation is 1. The topological polar surface area (TPSA) is 54.7 Å². The molecule has 6 nitrogen and oxygen atoms in total. The Kier molecular flexibility index (Phi) is 8.17. The minimum Gasteiger partial charge on any atom is -0.370 e. The van der Waals surface area contributed by atoms with Crippen molar-refractivity contribution >= 4 is 41.5 Å². The number of benzene rings is 1. The largest absolute Gasteiger partial charge is 0.370 e. The Labute approximate surface area is 176 Å². The summed E-state index contributed by atoms with van der Waals surface area (Å²) >= 11 is 5.94. The third kappa shape index (κ3) is 5.59. The maximum absolute atomic E-state index is 5.94. The molecule has 0 bridgehead atoms. The van der Waals surface area contributed by atoms with E-state index < -0.39 is 0 Å². The summed E-state index contributed by atoms with van der Waals surface area (Å²) in [7, 11) is 1.92. The molecule has 1 unspecified atom stereocenters. The SMILES string of the molecule is CCNC(=NCc1ccc(Cl)cc1)N1CCOC(c2cnn(C)c2)C1.I. The van der Waals surface area contributed by atoms with Gasteiger partial charge < -0.3 is 15.0 Å². The molecule has 0 aliphatic carbocycles. The van der Waals surface area contributed by atoms with Crippen molar-refractivity contribution in [1.29, 1.82) is 0 Å². The van der Waals surface area contributed by atoms with Crippen molar-refractivity contribution in [2.24, 2.45) is 12.0 Å². The second kappa shape index (κ2) is 10.1. The van der Waals surface area contributed by atoms with E-state index in [0.717, 1.165) is 41.7 Å². The third-order valence-corrected chi connectivity index (χ3v) is 4.37. The number of guanidine groups is 1. The molecule has 2 heterocycles. The fraction of sp³-hybridized carbons (Fsp3) is 0.444. The van der Waals surface area contributed by atoms with Crippen molar-refractivity contribution in [3.8, 4) is 0 Å². The number of hydrogen-bond acceptors (Lipinski definition) is 3. The molecule has 1 aromatic heterocycles. The van der Waals surface area contributed by atoms with Crippen molar-refractivity contribution in [1.82, 2.24) is 20.0 Å². The summed E-state index contributed by atoms with van der Waals surface area (Å²) in [6, 6.07) is 7.80. The lowest BCUT2D eigenvalue weighted by molar-refractivity contribution is -0.00805. The van der Waals surface area contributed by atoms with Crippen LogP contribution in [-0.2, 0) is 18.3 Å². The maximum Gasteiger partial charge on any atom is 0.194 e. The summed E-state index contributed by atoms with van der Waals surface area (Å²) in [6.07, 6.45) is 3.89. The standard InChI is InChI=1S/C18H24ClN5O.HI/c1-3-20-18(21-10-14-4-6-16(19)7-5-14)24-8-9-25-17(13-24)15-11-22-23(2)12-15;/h4-7,11-12,17H,3,8-10,13H2,1-2H3,(H,20,21);1H. The zero-order valence-electron chi connectivity index (χ0n) is 15.1. The number of rotatable bonds is 4. The first-order chi connectivity index (χ1) is 12.2. The number of morpholine rings is 1. The molecule has 1 saturated heterocycles. The molecule has 0 spiro atoms. The fourth-order valence-corrected chi connectivity index (χ4v) is 2.96. The van der Waals surface area contributed by atoms with Crippen LogP contribution in [0.15, 0.2) is 41.7 Å². The van der Waals surface area contributed by atoms with Crippen molar-refractivity contribution in [2.45, 2.75) is 19.6 Å². The zero-order valence-corrected chi connectivity index (χ0v) is 18.1. The Morgan fingerprint density at radius 3 is 2.81 bits per heavy atom. The number of nitrogens with one attached hydrogen (secondary N) is 1. The molecule has 8 heteroatoms. The number of aliphatic imine (C=N–C) groups is 1. The predicted octanol–water partition coefficient (Wildman–Crippen LogP) is 3.23. The molecule has 1 fully saturated rings. The fourth-order valence-electron chi connectivity index (χ4n) is 2.83. The molecule has 1 aromatic carbocycles. The summed E-state index contributed by atoms with van der Waals surface area (Å²) in [5.74, 6) is 0.912. The van der Waals surface area contributed by atoms with Gasteiger partial charge in [-0.05, 0) is 24.6 Å². The van der Waals surface area contributed by atoms with E-state index in [1.165, 1.54) is 0 Å². The summed E-state index contributed by atoms with van der Waals surface area (Å²) in [5.41, 5.74) is 2.23. The van der Waals surface area contributed by atoms with Crippen LogP contribution >= 0.6 is 35.6 Å². The van der Waals surface area contributed by atoms with E-state index in [2.05, 4.69) is 22.2 Å². The van der Waals surface area contributed by atoms with Crippen LogP contribution in [0.3, 0.4) is 0 Å². The Hall–Kier alpha value is -1.32. The van der Waals surface area contributed by atoms with E-state index in [-0.39, 0.29) is 30.1 Å². The van der Waals surface area contributed by atoms with Gasteiger partial charge >= 0.3 is 0 Å². The molecule has 3 rings (SSSR count). The van der Waals surface area contributed by atoms with Crippen LogP contribution in [0.1, 0.15) is 24.2 Å². The van der Waals surface area contributed by atoms with Crippen LogP contribution in [0, 0.1) is 0 Å². The van der Waals surface area contributed by atoms with E-state index in [1.54, 1.807) is 4.68 Å². The van der Waals surface area contributed by atoms with Gasteiger partial charge in [0.25, 0.3) is 0 Å². The molecule has 0 radical (unpaired) electrons. The number of hydrogen-bond donors (Lipinski definition) is 1. The van der Waals surface area contributed by atoms with Crippen molar-refractivity contribution in [2.75, 3.05) is 26.2 Å². The van der Waals surface area contributed by atoms with Gasteiger partial charge in [-0.25, -0.2) is 4.99 Å². The molecule has 2 aromatic rings. The first kappa shape index (κ1) is 21.0. The summed E-state index contributed by atoms with van der Waals surface area (Å²) in [6.45, 7) is 5.78. The molecule has 26 heavy (non-hydrogen) atoms. The van der Waals surface area contributed by atoms with Gasteiger partial charge in [-0.1, -0.05) is 23.7 Å². The highest BCUT2D eigenvalue weighted by Crippen LogP contribution is 2.21. The second-order valence-electron chi connectivity index (χ2n) is 6.05. The monoisotopic (exact) mass is 489 g/mol. The van der Waals surface area contributed by atoms with Crippen LogP contribution in [0.2, 0.25) is 5.02 Å². The summed E-state index contributed by atoms with van der Waals surface area (Å²) < 4.78 is 7.72. The molecule has 0 saturated carbocycles. The van der Waals surface area contributed by atoms with Gasteiger partial charge in [-0.2, -0.15) is 5.10 Å². The zero-order chi connectivity index (χ0) is 17.6. The second-order valence-corrected chi connectivity index (χ2v) is 6.49. The van der Waals surface area contributed by atoms with Gasteiger partial charge in [0.05, 0.1) is 25.9 Å². The number of nitrogens with zero attached hydrogens (tertiary/aromatic N) is 4. The molecule has 1 aliphatic heterocycles. The first-order valence-electron chi connectivity index (χ1n) is 8.53. The summed E-state index contributed by atoms with van der Waals surface area (Å²) in [4.78, 5) is 7.03. The number of aromatic nitrogens is 2. The van der Waals surface area contributed by atoms with Gasteiger partial charge in [0.15, 0.2) is 5.96 Å². The maximum atomic E-state index is 5.94. The van der Waals surface area contributed by atoms with E-state index in [4.69, 9.17) is 21.3 Å². The minimum absolute atomic E-state index is 0. The number of halogens is 2. The average Bonchev–Trinajstić information content (AvgIpc) is 3.07. The lowest BCUT2D eigenvalue weighted by Gasteiger charge is -2.34. The Morgan fingerprint density at radius 2 is 2.15 bits per heavy atom. The Bertz CT molecular complexity index is 719. The normalized spacial score (nSPS) is 17.7. The lowest BCUT2D eigenvalue weighted by atomic mass is 10.1. The van der Waals surface area contributed by atoms with Gasteiger partial charge in [0.1, 0.15) is 6.10 Å². The molecule has 1 N–H and O–H groups in total. The van der Waals surface area contributed by atoms with Gasteiger partial charge in [-0.3, -0.25) is 4.68 Å². The average molecular weight is 490 g/mol. The molecule has 142 valence electrons. The highest BCUT2D eigenvalue weighted by Gasteiger charge is 2.25. The third-order valence-electron chi connectivity index (χ3n) is 4.12. The molecule has 1 atom stereocenters. The van der Waals surface area contributed by atoms with Gasteiger partial charge in [-0.15, -0.1) is 24.0 Å². The van der Waals surface area contributed by atoms with E-state index in [0.29, 0.717) is 13.2 Å². The van der Waals surface area contributed by atoms with Crippen LogP contribution in [0.5, 0.6) is 0 Å². The van der Waals surface area contributed by atoms with Crippen molar-refractivity contribution in [3.63, 3.8) is 0 Å². The quantitative estimate of drug-likeness (QED) is 0.407. The summed E-state index contributed by atoms with van der Waals surface area (Å²) in [5, 5.41) is 8.37. The smallest absolute Gasteiger partial charge is 0.194 e. The molecular weight excluding hydrogens is 465 g/mol. The predicted molar refractivity (Wildman–Crippen MR) is 115 cm³/mol. The minimum atomic E-state index is 0. The van der Waals surface area contributed by atoms with Crippen LogP contribution in [-0.4, -0.2) is 46.9 Å². The van der Waals surface area contributed by atoms with E-state index in [9.17, 15) is 0 Å². The van der Waals surface area contributed by atoms with Crippen molar-refractivity contribution < 1.29 is 4.74 Å². The van der Waals surface area contributed by atoms with Crippen LogP contribution in [0.4, 0.5) is 0 Å². The molecule has 1 aliphatic rings. The highest BCUT2D eigenvalue weighted by molar-refractivity contribution is 14.0. The van der Waals surface area contributed by atoms with Crippen LogP contribution < -0.4 is 5.32 Å². The number of ether oxygens (including phenoxy) is 1. The molecular formula is C18H25ClIN5O. The highest BCUT2D eigenvalue weighted by atomic mass is 127. The lowest BCUT2D eigenvalue weighted by Crippen LogP contribution is -2.48. The molecule has 0 amide bonds. The van der Waals surface area contributed by atoms with Gasteiger partial charge in [0.2, 0.25) is 0 Å². The van der Waals surface area contributed by atoms with Crippen LogP contribution in [0.25, 0.3) is 0 Å². The first-order valence-corrected chi connectivity index (χ1v) is 8.91. The van der Waals surface area contributed by atoms with E-state index in [1.807, 2.05) is 43.7 Å². The van der Waals surface area contributed by atoms with Crippen molar-refractivity contribution in [3.05, 3.63) is 52.8 Å². The Morgan fingerprint density at radius 1 is 1.38 bits per heavy atom. The van der Waals surface area contributed by atoms with E-state index >= 15 is 0 Å².